The van der Waals surface area contributed by atoms with Gasteiger partial charge in [-0.3, -0.25) is 0 Å². The first-order chi connectivity index (χ1) is 9.81. The average molecular weight is 323 g/mol. The maximum Gasteiger partial charge on any atom is 0.137 e. The summed E-state index contributed by atoms with van der Waals surface area (Å²) >= 11 is 3.49. The zero-order valence-corrected chi connectivity index (χ0v) is 12.2. The second-order valence-electron chi connectivity index (χ2n) is 4.77. The van der Waals surface area contributed by atoms with Crippen LogP contribution in [0.25, 0.3) is 27.7 Å². The molecule has 2 aromatic heterocycles. The van der Waals surface area contributed by atoms with Crippen molar-refractivity contribution in [3.63, 3.8) is 0 Å². The molecule has 0 atom stereocenters. The predicted molar refractivity (Wildman–Crippen MR) is 85.8 cm³/mol. The van der Waals surface area contributed by atoms with Crippen LogP contribution in [0.1, 0.15) is 0 Å². The van der Waals surface area contributed by atoms with Gasteiger partial charge in [0.05, 0.1) is 5.69 Å². The van der Waals surface area contributed by atoms with Crippen molar-refractivity contribution < 1.29 is 0 Å². The zero-order chi connectivity index (χ0) is 13.5. The van der Waals surface area contributed by atoms with Crippen molar-refractivity contribution in [3.05, 3.63) is 71.5 Å². The minimum atomic E-state index is 0.955. The first-order valence-electron chi connectivity index (χ1n) is 6.44. The summed E-state index contributed by atoms with van der Waals surface area (Å²) in [5, 5.41) is 2.47. The smallest absolute Gasteiger partial charge is 0.137 e. The SMILES string of the molecule is Brc1ccc2nc(-c3cccc4ccccc34)cn2c1. The van der Waals surface area contributed by atoms with E-state index in [9.17, 15) is 0 Å². The molecule has 0 fully saturated rings. The van der Waals surface area contributed by atoms with E-state index in [1.54, 1.807) is 0 Å². The third-order valence-corrected chi connectivity index (χ3v) is 3.95. The molecular formula is C17H11BrN2. The van der Waals surface area contributed by atoms with Gasteiger partial charge < -0.3 is 4.40 Å². The van der Waals surface area contributed by atoms with Crippen LogP contribution >= 0.6 is 15.9 Å². The Hall–Kier alpha value is -2.13. The minimum absolute atomic E-state index is 0.955. The fourth-order valence-corrected chi connectivity index (χ4v) is 2.90. The summed E-state index contributed by atoms with van der Waals surface area (Å²) < 4.78 is 3.09. The van der Waals surface area contributed by atoms with Gasteiger partial charge >= 0.3 is 0 Å². The lowest BCUT2D eigenvalue weighted by Crippen LogP contribution is -1.80. The molecule has 20 heavy (non-hydrogen) atoms. The largest absolute Gasteiger partial charge is 0.305 e. The lowest BCUT2D eigenvalue weighted by atomic mass is 10.0. The Kier molecular flexibility index (Phi) is 2.60. The highest BCUT2D eigenvalue weighted by atomic mass is 79.9. The summed E-state index contributed by atoms with van der Waals surface area (Å²) in [5.41, 5.74) is 3.12. The number of rotatable bonds is 1. The maximum atomic E-state index is 4.72. The van der Waals surface area contributed by atoms with Crippen molar-refractivity contribution in [3.8, 4) is 11.3 Å². The number of imidazole rings is 1. The van der Waals surface area contributed by atoms with E-state index >= 15 is 0 Å². The van der Waals surface area contributed by atoms with E-state index < -0.39 is 0 Å². The Morgan fingerprint density at radius 2 is 1.70 bits per heavy atom. The summed E-state index contributed by atoms with van der Waals surface area (Å²) in [4.78, 5) is 4.72. The number of aromatic nitrogens is 2. The molecule has 0 saturated carbocycles. The maximum absolute atomic E-state index is 4.72. The Morgan fingerprint density at radius 3 is 2.65 bits per heavy atom. The number of hydrogen-bond acceptors (Lipinski definition) is 1. The molecule has 0 radical (unpaired) electrons. The van der Waals surface area contributed by atoms with Crippen LogP contribution in [-0.2, 0) is 0 Å². The summed E-state index contributed by atoms with van der Waals surface area (Å²) in [6, 6.07) is 18.8. The molecule has 0 bridgehead atoms. The predicted octanol–water partition coefficient (Wildman–Crippen LogP) is 4.92. The summed E-state index contributed by atoms with van der Waals surface area (Å²) in [6.45, 7) is 0. The third kappa shape index (κ3) is 1.82. The van der Waals surface area contributed by atoms with E-state index in [0.29, 0.717) is 0 Å². The van der Waals surface area contributed by atoms with Gasteiger partial charge in [0, 0.05) is 22.4 Å². The van der Waals surface area contributed by atoms with Crippen molar-refractivity contribution >= 4 is 32.3 Å². The van der Waals surface area contributed by atoms with Crippen molar-refractivity contribution in [2.24, 2.45) is 0 Å². The van der Waals surface area contributed by atoms with E-state index in [0.717, 1.165) is 15.8 Å². The lowest BCUT2D eigenvalue weighted by molar-refractivity contribution is 1.17. The average Bonchev–Trinajstić information content (AvgIpc) is 2.89. The number of hydrogen-bond donors (Lipinski definition) is 0. The van der Waals surface area contributed by atoms with Gasteiger partial charge in [0.2, 0.25) is 0 Å². The first kappa shape index (κ1) is 11.7. The van der Waals surface area contributed by atoms with Gasteiger partial charge in [0.1, 0.15) is 5.65 Å². The fraction of sp³-hybridized carbons (Fsp3) is 0. The molecule has 0 spiro atoms. The van der Waals surface area contributed by atoms with E-state index in [1.165, 1.54) is 16.3 Å². The Labute approximate surface area is 124 Å². The lowest BCUT2D eigenvalue weighted by Gasteiger charge is -2.02. The Morgan fingerprint density at radius 1 is 0.850 bits per heavy atom. The van der Waals surface area contributed by atoms with Gasteiger partial charge in [-0.1, -0.05) is 42.5 Å². The van der Waals surface area contributed by atoms with Gasteiger partial charge in [-0.25, -0.2) is 4.98 Å². The van der Waals surface area contributed by atoms with Gasteiger partial charge in [-0.05, 0) is 38.8 Å². The standard InChI is InChI=1S/C17H11BrN2/c18-13-8-9-17-19-16(11-20(17)10-13)15-7-3-5-12-4-1-2-6-14(12)15/h1-11H. The molecular weight excluding hydrogens is 312 g/mol. The monoisotopic (exact) mass is 322 g/mol. The molecule has 3 heteroatoms. The van der Waals surface area contributed by atoms with Crippen molar-refractivity contribution in [2.45, 2.75) is 0 Å². The van der Waals surface area contributed by atoms with Crippen molar-refractivity contribution in [2.75, 3.05) is 0 Å². The molecule has 2 nitrogen and oxygen atoms in total. The highest BCUT2D eigenvalue weighted by molar-refractivity contribution is 9.10. The quantitative estimate of drug-likeness (QED) is 0.486. The number of halogens is 1. The van der Waals surface area contributed by atoms with Crippen LogP contribution in [0.15, 0.2) is 71.5 Å². The molecule has 4 rings (SSSR count). The summed E-state index contributed by atoms with van der Waals surface area (Å²) in [5.74, 6) is 0. The molecule has 96 valence electrons. The highest BCUT2D eigenvalue weighted by Gasteiger charge is 2.07. The zero-order valence-electron chi connectivity index (χ0n) is 10.6. The van der Waals surface area contributed by atoms with E-state index in [1.807, 2.05) is 22.7 Å². The Balaban J connectivity index is 2.01. The fourth-order valence-electron chi connectivity index (χ4n) is 2.54. The number of pyridine rings is 1. The molecule has 2 heterocycles. The van der Waals surface area contributed by atoms with E-state index in [-0.39, 0.29) is 0 Å². The van der Waals surface area contributed by atoms with E-state index in [4.69, 9.17) is 4.98 Å². The van der Waals surface area contributed by atoms with Crippen LogP contribution in [0.3, 0.4) is 0 Å². The third-order valence-electron chi connectivity index (χ3n) is 3.48. The van der Waals surface area contributed by atoms with Crippen LogP contribution in [-0.4, -0.2) is 9.38 Å². The summed E-state index contributed by atoms with van der Waals surface area (Å²) in [7, 11) is 0. The minimum Gasteiger partial charge on any atom is -0.305 e. The molecule has 0 N–H and O–H groups in total. The van der Waals surface area contributed by atoms with Crippen LogP contribution in [0.4, 0.5) is 0 Å². The highest BCUT2D eigenvalue weighted by Crippen LogP contribution is 2.28. The van der Waals surface area contributed by atoms with Crippen LogP contribution in [0.2, 0.25) is 0 Å². The van der Waals surface area contributed by atoms with Gasteiger partial charge in [-0.2, -0.15) is 0 Å². The normalized spacial score (nSPS) is 11.2. The molecule has 2 aromatic carbocycles. The number of benzene rings is 2. The number of nitrogens with zero attached hydrogens (tertiary/aromatic N) is 2. The van der Waals surface area contributed by atoms with Gasteiger partial charge in [0.15, 0.2) is 0 Å². The molecule has 0 unspecified atom stereocenters. The van der Waals surface area contributed by atoms with Gasteiger partial charge in [0.25, 0.3) is 0 Å². The topological polar surface area (TPSA) is 17.3 Å². The van der Waals surface area contributed by atoms with Crippen LogP contribution in [0.5, 0.6) is 0 Å². The van der Waals surface area contributed by atoms with Crippen molar-refractivity contribution in [1.82, 2.24) is 9.38 Å². The van der Waals surface area contributed by atoms with Crippen LogP contribution in [0, 0.1) is 0 Å². The molecule has 0 amide bonds. The molecule has 0 saturated heterocycles. The molecule has 0 aliphatic rings. The second kappa shape index (κ2) is 4.46. The van der Waals surface area contributed by atoms with Gasteiger partial charge in [-0.15, -0.1) is 0 Å². The van der Waals surface area contributed by atoms with Crippen molar-refractivity contribution in [1.29, 1.82) is 0 Å². The number of fused-ring (bicyclic) bond motifs is 2. The first-order valence-corrected chi connectivity index (χ1v) is 7.23. The van der Waals surface area contributed by atoms with Crippen LogP contribution < -0.4 is 0 Å². The molecule has 4 aromatic rings. The molecule has 0 aliphatic heterocycles. The second-order valence-corrected chi connectivity index (χ2v) is 5.68. The summed E-state index contributed by atoms with van der Waals surface area (Å²) in [6.07, 6.45) is 4.10. The Bertz CT molecular complexity index is 919. The molecule has 0 aliphatic carbocycles. The van der Waals surface area contributed by atoms with E-state index in [2.05, 4.69) is 64.6 Å².